The third kappa shape index (κ3) is 2.67. The summed E-state index contributed by atoms with van der Waals surface area (Å²) in [5.74, 6) is -0.952. The van der Waals surface area contributed by atoms with Crippen LogP contribution in [-0.2, 0) is 16.0 Å². The lowest BCUT2D eigenvalue weighted by molar-refractivity contribution is -0.154. The predicted octanol–water partition coefficient (Wildman–Crippen LogP) is 0.995. The number of pyridine rings is 1. The van der Waals surface area contributed by atoms with E-state index >= 15 is 0 Å². The monoisotopic (exact) mass is 248 g/mol. The molecule has 18 heavy (non-hydrogen) atoms. The number of nitrogens with one attached hydrogen (secondary N) is 1. The van der Waals surface area contributed by atoms with Crippen molar-refractivity contribution in [3.05, 3.63) is 30.1 Å². The smallest absolute Gasteiger partial charge is 0.311 e. The van der Waals surface area contributed by atoms with Crippen LogP contribution in [0.3, 0.4) is 0 Å². The molecule has 1 amide bonds. The van der Waals surface area contributed by atoms with E-state index in [9.17, 15) is 9.59 Å². The van der Waals surface area contributed by atoms with Crippen molar-refractivity contribution in [2.45, 2.75) is 25.7 Å². The fraction of sp³-hybridized carbons (Fsp3) is 0.462. The number of hydrogen-bond donors (Lipinski definition) is 2. The molecule has 0 bridgehead atoms. The Morgan fingerprint density at radius 2 is 2.00 bits per heavy atom. The summed E-state index contributed by atoms with van der Waals surface area (Å²) in [6, 6.07) is 3.55. The zero-order valence-corrected chi connectivity index (χ0v) is 10.1. The molecule has 5 heteroatoms. The van der Waals surface area contributed by atoms with Gasteiger partial charge in [-0.1, -0.05) is 6.42 Å². The minimum absolute atomic E-state index is 0.145. The maximum absolute atomic E-state index is 11.7. The van der Waals surface area contributed by atoms with Gasteiger partial charge in [0.05, 0.1) is 11.8 Å². The van der Waals surface area contributed by atoms with Crippen molar-refractivity contribution in [3.8, 4) is 0 Å². The highest BCUT2D eigenvalue weighted by molar-refractivity contribution is 5.81. The lowest BCUT2D eigenvalue weighted by atomic mass is 9.69. The van der Waals surface area contributed by atoms with Crippen molar-refractivity contribution in [1.82, 2.24) is 10.3 Å². The summed E-state index contributed by atoms with van der Waals surface area (Å²) in [6.45, 7) is 0.228. The van der Waals surface area contributed by atoms with E-state index in [-0.39, 0.29) is 18.9 Å². The van der Waals surface area contributed by atoms with Gasteiger partial charge in [0.15, 0.2) is 0 Å². The molecule has 0 unspecified atom stereocenters. The molecule has 1 aliphatic rings. The summed E-state index contributed by atoms with van der Waals surface area (Å²) in [5, 5.41) is 11.8. The molecule has 0 radical (unpaired) electrons. The molecule has 1 saturated carbocycles. The molecule has 0 atom stereocenters. The van der Waals surface area contributed by atoms with Crippen molar-refractivity contribution in [2.24, 2.45) is 5.41 Å². The molecule has 5 nitrogen and oxygen atoms in total. The van der Waals surface area contributed by atoms with Crippen molar-refractivity contribution in [1.29, 1.82) is 0 Å². The van der Waals surface area contributed by atoms with Gasteiger partial charge in [0.2, 0.25) is 5.91 Å². The Kier molecular flexibility index (Phi) is 3.60. The maximum atomic E-state index is 11.7. The lowest BCUT2D eigenvalue weighted by Gasteiger charge is -2.37. The van der Waals surface area contributed by atoms with Crippen LogP contribution in [0.4, 0.5) is 0 Å². The molecule has 1 heterocycles. The molecular weight excluding hydrogens is 232 g/mol. The highest BCUT2D eigenvalue weighted by Crippen LogP contribution is 2.40. The van der Waals surface area contributed by atoms with Gasteiger partial charge in [-0.05, 0) is 30.5 Å². The van der Waals surface area contributed by atoms with E-state index in [1.54, 1.807) is 24.5 Å². The number of carbonyl (C=O) groups is 2. The number of amides is 1. The first-order valence-corrected chi connectivity index (χ1v) is 6.01. The predicted molar refractivity (Wildman–Crippen MR) is 64.9 cm³/mol. The first-order valence-electron chi connectivity index (χ1n) is 6.01. The Labute approximate surface area is 105 Å². The first kappa shape index (κ1) is 12.5. The summed E-state index contributed by atoms with van der Waals surface area (Å²) in [7, 11) is 0. The van der Waals surface area contributed by atoms with Crippen LogP contribution in [-0.4, -0.2) is 28.5 Å². The summed E-state index contributed by atoms with van der Waals surface area (Å²) >= 11 is 0. The van der Waals surface area contributed by atoms with E-state index in [1.807, 2.05) is 0 Å². The molecule has 2 N–H and O–H groups in total. The highest BCUT2D eigenvalue weighted by Gasteiger charge is 2.44. The third-order valence-electron chi connectivity index (χ3n) is 3.50. The van der Waals surface area contributed by atoms with Crippen LogP contribution in [0.1, 0.15) is 24.8 Å². The zero-order valence-electron chi connectivity index (χ0n) is 10.1. The molecule has 1 aliphatic carbocycles. The Morgan fingerprint density at radius 3 is 2.50 bits per heavy atom. The van der Waals surface area contributed by atoms with Crippen LogP contribution in [0.5, 0.6) is 0 Å². The average Bonchev–Trinajstić information content (AvgIpc) is 2.28. The molecule has 1 aromatic heterocycles. The van der Waals surface area contributed by atoms with Crippen LogP contribution >= 0.6 is 0 Å². The topological polar surface area (TPSA) is 79.3 Å². The van der Waals surface area contributed by atoms with Gasteiger partial charge in [-0.3, -0.25) is 14.6 Å². The normalized spacial score (nSPS) is 16.7. The summed E-state index contributed by atoms with van der Waals surface area (Å²) < 4.78 is 0. The number of carboxylic acid groups (broad SMARTS) is 1. The number of aliphatic carboxylic acids is 1. The first-order chi connectivity index (χ1) is 8.62. The van der Waals surface area contributed by atoms with Crippen molar-refractivity contribution >= 4 is 11.9 Å². The second-order valence-corrected chi connectivity index (χ2v) is 4.75. The second-order valence-electron chi connectivity index (χ2n) is 4.75. The Bertz CT molecular complexity index is 441. The number of carboxylic acids is 1. The quantitative estimate of drug-likeness (QED) is 0.814. The fourth-order valence-corrected chi connectivity index (χ4v) is 2.09. The average molecular weight is 248 g/mol. The minimum Gasteiger partial charge on any atom is -0.481 e. The number of hydrogen-bond acceptors (Lipinski definition) is 3. The number of rotatable bonds is 5. The maximum Gasteiger partial charge on any atom is 0.311 e. The lowest BCUT2D eigenvalue weighted by Crippen LogP contribution is -2.47. The van der Waals surface area contributed by atoms with Gasteiger partial charge in [0.25, 0.3) is 0 Å². The van der Waals surface area contributed by atoms with Crippen molar-refractivity contribution < 1.29 is 14.7 Å². The van der Waals surface area contributed by atoms with Crippen LogP contribution < -0.4 is 5.32 Å². The van der Waals surface area contributed by atoms with Crippen LogP contribution in [0.25, 0.3) is 0 Å². The van der Waals surface area contributed by atoms with Crippen molar-refractivity contribution in [2.75, 3.05) is 6.54 Å². The molecule has 0 aromatic carbocycles. The molecule has 0 spiro atoms. The summed E-state index contributed by atoms with van der Waals surface area (Å²) in [4.78, 5) is 26.7. The molecule has 0 aliphatic heterocycles. The fourth-order valence-electron chi connectivity index (χ4n) is 2.09. The van der Waals surface area contributed by atoms with E-state index in [4.69, 9.17) is 5.11 Å². The van der Waals surface area contributed by atoms with E-state index in [0.29, 0.717) is 12.8 Å². The number of nitrogens with zero attached hydrogens (tertiary/aromatic N) is 1. The standard InChI is InChI=1S/C13H16N2O3/c16-11(8-10-2-6-14-7-3-10)15-9-13(12(17)18)4-1-5-13/h2-3,6-7H,1,4-5,8-9H2,(H,15,16)(H,17,18). The number of carbonyl (C=O) groups excluding carboxylic acids is 1. The van der Waals surface area contributed by atoms with Crippen molar-refractivity contribution in [3.63, 3.8) is 0 Å². The Hall–Kier alpha value is -1.91. The second kappa shape index (κ2) is 5.16. The van der Waals surface area contributed by atoms with E-state index < -0.39 is 11.4 Å². The summed E-state index contributed by atoms with van der Waals surface area (Å²) in [5.41, 5.74) is 0.147. The van der Waals surface area contributed by atoms with E-state index in [0.717, 1.165) is 12.0 Å². The summed E-state index contributed by atoms with van der Waals surface area (Å²) in [6.07, 6.45) is 5.75. The highest BCUT2D eigenvalue weighted by atomic mass is 16.4. The minimum atomic E-state index is -0.807. The molecule has 2 rings (SSSR count). The number of aromatic nitrogens is 1. The van der Waals surface area contributed by atoms with Gasteiger partial charge in [-0.25, -0.2) is 0 Å². The zero-order chi connectivity index (χ0) is 13.0. The molecule has 96 valence electrons. The van der Waals surface area contributed by atoms with Gasteiger partial charge in [-0.2, -0.15) is 0 Å². The molecular formula is C13H16N2O3. The Balaban J connectivity index is 1.83. The van der Waals surface area contributed by atoms with Gasteiger partial charge < -0.3 is 10.4 Å². The van der Waals surface area contributed by atoms with Crippen LogP contribution in [0.15, 0.2) is 24.5 Å². The third-order valence-corrected chi connectivity index (χ3v) is 3.50. The molecule has 1 fully saturated rings. The molecule has 1 aromatic rings. The SMILES string of the molecule is O=C(Cc1ccncc1)NCC1(C(=O)O)CCC1. The van der Waals surface area contributed by atoms with Crippen LogP contribution in [0.2, 0.25) is 0 Å². The van der Waals surface area contributed by atoms with Crippen LogP contribution in [0, 0.1) is 5.41 Å². The van der Waals surface area contributed by atoms with Gasteiger partial charge in [-0.15, -0.1) is 0 Å². The van der Waals surface area contributed by atoms with Gasteiger partial charge in [0.1, 0.15) is 0 Å². The van der Waals surface area contributed by atoms with E-state index in [2.05, 4.69) is 10.3 Å². The van der Waals surface area contributed by atoms with E-state index in [1.165, 1.54) is 0 Å². The van der Waals surface area contributed by atoms with Gasteiger partial charge >= 0.3 is 5.97 Å². The largest absolute Gasteiger partial charge is 0.481 e. The Morgan fingerprint density at radius 1 is 1.33 bits per heavy atom. The van der Waals surface area contributed by atoms with Gasteiger partial charge in [0, 0.05) is 18.9 Å². The molecule has 0 saturated heterocycles.